The highest BCUT2D eigenvalue weighted by atomic mass is 35.5. The van der Waals surface area contributed by atoms with Crippen LogP contribution in [0.2, 0.25) is 5.02 Å². The van der Waals surface area contributed by atoms with Gasteiger partial charge in [0.25, 0.3) is 5.91 Å². The fraction of sp³-hybridized carbons (Fsp3) is 0.188. The van der Waals surface area contributed by atoms with Gasteiger partial charge in [-0.1, -0.05) is 49.2 Å². The van der Waals surface area contributed by atoms with Crippen molar-refractivity contribution in [2.24, 2.45) is 0 Å². The summed E-state index contributed by atoms with van der Waals surface area (Å²) in [6.45, 7) is 3.79. The molecule has 210 valence electrons. The standard InChI is InChI=1S/C32H30ClN3O5/c1-4-6-12-28(41-17-5-2)29-25(20-35-31(38)21-13-16-26(34-19-21)32(39)40-3)30(37)24-15-14-22(33)18-27(24)36(29)23-10-8-7-9-11-23/h5,7-19H,4,6,20H2,1-3H3,(H,35,38)/b17-5-,28-12+. The van der Waals surface area contributed by atoms with Crippen molar-refractivity contribution in [2.75, 3.05) is 7.11 Å². The first kappa shape index (κ1) is 29.3. The van der Waals surface area contributed by atoms with Gasteiger partial charge in [-0.2, -0.15) is 0 Å². The third kappa shape index (κ3) is 6.56. The monoisotopic (exact) mass is 571 g/mol. The van der Waals surface area contributed by atoms with Crippen LogP contribution in [0.15, 0.2) is 90.1 Å². The molecule has 41 heavy (non-hydrogen) atoms. The average molecular weight is 572 g/mol. The van der Waals surface area contributed by atoms with E-state index in [4.69, 9.17) is 16.3 Å². The van der Waals surface area contributed by atoms with Crippen molar-refractivity contribution in [2.45, 2.75) is 33.2 Å². The van der Waals surface area contributed by atoms with E-state index in [2.05, 4.69) is 22.0 Å². The van der Waals surface area contributed by atoms with Gasteiger partial charge in [0, 0.05) is 34.4 Å². The molecule has 4 aromatic rings. The SMILES string of the molecule is C/C=C\O/C(=C/CCC)c1c(CNC(=O)c2ccc(C(=O)OC)nc2)c(=O)c2ccc(Cl)cc2n1-c1ccccc1. The number of para-hydroxylation sites is 1. The molecule has 0 fully saturated rings. The van der Waals surface area contributed by atoms with Crippen LogP contribution in [-0.4, -0.2) is 28.5 Å². The second kappa shape index (κ2) is 13.6. The quantitative estimate of drug-likeness (QED) is 0.173. The van der Waals surface area contributed by atoms with Crippen LogP contribution in [0.25, 0.3) is 22.3 Å². The summed E-state index contributed by atoms with van der Waals surface area (Å²) >= 11 is 6.42. The van der Waals surface area contributed by atoms with Crippen LogP contribution in [0.1, 0.15) is 58.8 Å². The Morgan fingerprint density at radius 2 is 1.88 bits per heavy atom. The van der Waals surface area contributed by atoms with E-state index < -0.39 is 11.9 Å². The predicted octanol–water partition coefficient (Wildman–Crippen LogP) is 6.45. The fourth-order valence-electron chi connectivity index (χ4n) is 4.32. The second-order valence-corrected chi connectivity index (χ2v) is 9.48. The van der Waals surface area contributed by atoms with Gasteiger partial charge in [-0.25, -0.2) is 9.78 Å². The van der Waals surface area contributed by atoms with Crippen molar-refractivity contribution in [3.63, 3.8) is 0 Å². The van der Waals surface area contributed by atoms with Crippen molar-refractivity contribution in [1.29, 1.82) is 0 Å². The smallest absolute Gasteiger partial charge is 0.356 e. The lowest BCUT2D eigenvalue weighted by atomic mass is 10.0. The number of amides is 1. The lowest BCUT2D eigenvalue weighted by Gasteiger charge is -2.22. The predicted molar refractivity (Wildman–Crippen MR) is 160 cm³/mol. The van der Waals surface area contributed by atoms with Gasteiger partial charge in [-0.15, -0.1) is 0 Å². The molecular formula is C32H30ClN3O5. The van der Waals surface area contributed by atoms with E-state index in [0.29, 0.717) is 39.4 Å². The number of halogens is 1. The third-order valence-electron chi connectivity index (χ3n) is 6.27. The fourth-order valence-corrected chi connectivity index (χ4v) is 4.48. The Hall–Kier alpha value is -4.69. The van der Waals surface area contributed by atoms with Crippen molar-refractivity contribution in [3.8, 4) is 5.69 Å². The molecule has 0 saturated carbocycles. The Balaban J connectivity index is 1.91. The van der Waals surface area contributed by atoms with Gasteiger partial charge in [0.15, 0.2) is 5.43 Å². The molecule has 2 heterocycles. The number of aromatic nitrogens is 2. The van der Waals surface area contributed by atoms with Crippen LogP contribution >= 0.6 is 11.6 Å². The van der Waals surface area contributed by atoms with Gasteiger partial charge in [0.1, 0.15) is 11.5 Å². The summed E-state index contributed by atoms with van der Waals surface area (Å²) in [6.07, 6.45) is 8.10. The van der Waals surface area contributed by atoms with Gasteiger partial charge >= 0.3 is 5.97 Å². The molecular weight excluding hydrogens is 542 g/mol. The molecule has 0 aliphatic rings. The molecule has 0 radical (unpaired) electrons. The number of ether oxygens (including phenoxy) is 2. The number of carbonyl (C=O) groups is 2. The lowest BCUT2D eigenvalue weighted by Crippen LogP contribution is -2.29. The minimum Gasteiger partial charge on any atom is -0.464 e. The summed E-state index contributed by atoms with van der Waals surface area (Å²) in [5.74, 6) is -0.594. The van der Waals surface area contributed by atoms with Crippen LogP contribution in [0.5, 0.6) is 0 Å². The molecule has 0 saturated heterocycles. The first-order valence-electron chi connectivity index (χ1n) is 13.1. The van der Waals surface area contributed by atoms with Crippen molar-refractivity contribution < 1.29 is 19.1 Å². The molecule has 2 aromatic carbocycles. The highest BCUT2D eigenvalue weighted by molar-refractivity contribution is 6.31. The van der Waals surface area contributed by atoms with Gasteiger partial charge in [-0.3, -0.25) is 9.59 Å². The number of esters is 1. The van der Waals surface area contributed by atoms with E-state index in [1.165, 1.54) is 25.4 Å². The number of carbonyl (C=O) groups excluding carboxylic acids is 2. The molecule has 0 aliphatic heterocycles. The van der Waals surface area contributed by atoms with E-state index in [-0.39, 0.29) is 23.2 Å². The normalized spacial score (nSPS) is 11.6. The Labute approximate surface area is 242 Å². The van der Waals surface area contributed by atoms with E-state index in [1.807, 2.05) is 47.9 Å². The maximum atomic E-state index is 14.0. The van der Waals surface area contributed by atoms with Crippen LogP contribution in [0.4, 0.5) is 0 Å². The van der Waals surface area contributed by atoms with Gasteiger partial charge in [0.2, 0.25) is 0 Å². The Morgan fingerprint density at radius 1 is 1.10 bits per heavy atom. The van der Waals surface area contributed by atoms with Crippen molar-refractivity contribution in [1.82, 2.24) is 14.9 Å². The molecule has 1 N–H and O–H groups in total. The zero-order valence-electron chi connectivity index (χ0n) is 23.0. The molecule has 0 unspecified atom stereocenters. The van der Waals surface area contributed by atoms with Gasteiger partial charge < -0.3 is 19.4 Å². The Morgan fingerprint density at radius 3 is 2.54 bits per heavy atom. The lowest BCUT2D eigenvalue weighted by molar-refractivity contribution is 0.0593. The van der Waals surface area contributed by atoms with Crippen molar-refractivity contribution in [3.05, 3.63) is 123 Å². The van der Waals surface area contributed by atoms with E-state index in [1.54, 1.807) is 30.5 Å². The molecule has 2 aromatic heterocycles. The zero-order valence-corrected chi connectivity index (χ0v) is 23.8. The molecule has 0 spiro atoms. The van der Waals surface area contributed by atoms with Gasteiger partial charge in [-0.05, 0) is 61.9 Å². The number of rotatable bonds is 10. The molecule has 0 aliphatic carbocycles. The molecule has 8 nitrogen and oxygen atoms in total. The summed E-state index contributed by atoms with van der Waals surface area (Å²) < 4.78 is 12.7. The molecule has 1 amide bonds. The number of pyridine rings is 2. The maximum Gasteiger partial charge on any atom is 0.356 e. The number of allylic oxidation sites excluding steroid dienone is 2. The first-order valence-corrected chi connectivity index (χ1v) is 13.5. The minimum atomic E-state index is -0.605. The largest absolute Gasteiger partial charge is 0.464 e. The zero-order chi connectivity index (χ0) is 29.4. The van der Waals surface area contributed by atoms with E-state index in [9.17, 15) is 14.4 Å². The number of hydrogen-bond donors (Lipinski definition) is 1. The number of methoxy groups -OCH3 is 1. The van der Waals surface area contributed by atoms with Gasteiger partial charge in [0.05, 0.1) is 30.1 Å². The molecule has 0 atom stereocenters. The summed E-state index contributed by atoms with van der Waals surface area (Å²) in [6, 6.07) is 17.6. The number of benzene rings is 2. The summed E-state index contributed by atoms with van der Waals surface area (Å²) in [7, 11) is 1.26. The topological polar surface area (TPSA) is 99.5 Å². The Bertz CT molecular complexity index is 1680. The average Bonchev–Trinajstić information content (AvgIpc) is 3.00. The van der Waals surface area contributed by atoms with Crippen LogP contribution < -0.4 is 10.7 Å². The Kier molecular flexibility index (Phi) is 9.71. The third-order valence-corrected chi connectivity index (χ3v) is 6.51. The highest BCUT2D eigenvalue weighted by Crippen LogP contribution is 2.30. The number of nitrogens with zero attached hydrogens (tertiary/aromatic N) is 2. The molecule has 9 heteroatoms. The summed E-state index contributed by atoms with van der Waals surface area (Å²) in [5, 5.41) is 3.76. The minimum absolute atomic E-state index is 0.0807. The maximum absolute atomic E-state index is 14.0. The first-order chi connectivity index (χ1) is 19.9. The van der Waals surface area contributed by atoms with Crippen molar-refractivity contribution >= 4 is 40.1 Å². The highest BCUT2D eigenvalue weighted by Gasteiger charge is 2.23. The van der Waals surface area contributed by atoms with E-state index >= 15 is 0 Å². The summed E-state index contributed by atoms with van der Waals surface area (Å²) in [5.41, 5.74) is 2.28. The van der Waals surface area contributed by atoms with Crippen LogP contribution in [0, 0.1) is 0 Å². The number of nitrogens with one attached hydrogen (secondary N) is 1. The van der Waals surface area contributed by atoms with E-state index in [0.717, 1.165) is 12.1 Å². The molecule has 4 rings (SSSR count). The molecule has 0 bridgehead atoms. The number of hydrogen-bond acceptors (Lipinski definition) is 6. The second-order valence-electron chi connectivity index (χ2n) is 9.04. The van der Waals surface area contributed by atoms with Crippen LogP contribution in [-0.2, 0) is 16.0 Å². The summed E-state index contributed by atoms with van der Waals surface area (Å²) in [4.78, 5) is 42.9. The number of unbranched alkanes of at least 4 members (excludes halogenated alkanes) is 1. The number of fused-ring (bicyclic) bond motifs is 1. The van der Waals surface area contributed by atoms with Crippen LogP contribution in [0.3, 0.4) is 0 Å².